The van der Waals surface area contributed by atoms with Crippen LogP contribution in [0, 0.1) is 12.8 Å². The molecule has 1 aliphatic heterocycles. The molecule has 1 unspecified atom stereocenters. The highest BCUT2D eigenvalue weighted by Gasteiger charge is 2.17. The molecule has 1 aromatic carbocycles. The molecule has 0 spiro atoms. The van der Waals surface area contributed by atoms with Gasteiger partial charge in [-0.3, -0.25) is 4.99 Å². The lowest BCUT2D eigenvalue weighted by Gasteiger charge is -2.35. The summed E-state index contributed by atoms with van der Waals surface area (Å²) in [6.45, 7) is 18.8. The van der Waals surface area contributed by atoms with Gasteiger partial charge in [0.05, 0.1) is 6.54 Å². The summed E-state index contributed by atoms with van der Waals surface area (Å²) >= 11 is 0. The Morgan fingerprint density at radius 1 is 1.07 bits per heavy atom. The maximum atomic E-state index is 5.78. The number of aliphatic imine (C=N–C) groups is 1. The van der Waals surface area contributed by atoms with E-state index < -0.39 is 0 Å². The van der Waals surface area contributed by atoms with E-state index in [0.29, 0.717) is 12.5 Å². The van der Waals surface area contributed by atoms with Crippen LogP contribution < -0.4 is 15.4 Å². The third-order valence-corrected chi connectivity index (χ3v) is 5.07. The number of hydrogen-bond acceptors (Lipinski definition) is 4. The van der Waals surface area contributed by atoms with E-state index in [4.69, 9.17) is 9.73 Å². The van der Waals surface area contributed by atoms with Crippen LogP contribution in [0.3, 0.4) is 0 Å². The summed E-state index contributed by atoms with van der Waals surface area (Å²) in [5, 5.41) is 6.69. The Morgan fingerprint density at radius 2 is 1.72 bits per heavy atom. The first-order valence-electron chi connectivity index (χ1n) is 10.8. The predicted octanol–water partition coefficient (Wildman–Crippen LogP) is 2.82. The van der Waals surface area contributed by atoms with Gasteiger partial charge >= 0.3 is 0 Å². The molecule has 6 nitrogen and oxygen atoms in total. The lowest BCUT2D eigenvalue weighted by molar-refractivity contribution is 0.125. The van der Waals surface area contributed by atoms with Gasteiger partial charge < -0.3 is 25.2 Å². The molecule has 0 aromatic heterocycles. The molecule has 0 aliphatic carbocycles. The minimum absolute atomic E-state index is 0. The van der Waals surface area contributed by atoms with Crippen molar-refractivity contribution in [3.8, 4) is 5.75 Å². The normalized spacial score (nSPS) is 16.8. The molecule has 0 bridgehead atoms. The highest BCUT2D eigenvalue weighted by Crippen LogP contribution is 2.10. The average molecular weight is 518 g/mol. The fourth-order valence-corrected chi connectivity index (χ4v) is 3.35. The van der Waals surface area contributed by atoms with E-state index in [1.54, 1.807) is 0 Å². The number of piperazine rings is 1. The number of aryl methyl sites for hydroxylation is 1. The summed E-state index contributed by atoms with van der Waals surface area (Å²) in [6, 6.07) is 8.16. The Morgan fingerprint density at radius 3 is 2.34 bits per heavy atom. The first-order valence-corrected chi connectivity index (χ1v) is 10.8. The van der Waals surface area contributed by atoms with Gasteiger partial charge in [0.2, 0.25) is 0 Å². The number of benzene rings is 1. The van der Waals surface area contributed by atoms with Crippen molar-refractivity contribution in [1.82, 2.24) is 20.4 Å². The van der Waals surface area contributed by atoms with Crippen molar-refractivity contribution in [1.29, 1.82) is 0 Å². The molecule has 1 atom stereocenters. The van der Waals surface area contributed by atoms with Gasteiger partial charge in [0, 0.05) is 45.8 Å². The molecule has 0 amide bonds. The highest BCUT2D eigenvalue weighted by molar-refractivity contribution is 14.0. The van der Waals surface area contributed by atoms with Crippen molar-refractivity contribution in [2.24, 2.45) is 10.9 Å². The number of nitrogens with zero attached hydrogens (tertiary/aromatic N) is 3. The van der Waals surface area contributed by atoms with E-state index in [1.807, 2.05) is 12.1 Å². The first kappa shape index (κ1) is 26.0. The Kier molecular flexibility index (Phi) is 13.3. The van der Waals surface area contributed by atoms with Crippen LogP contribution in [-0.4, -0.2) is 81.3 Å². The first-order chi connectivity index (χ1) is 13.6. The summed E-state index contributed by atoms with van der Waals surface area (Å²) in [4.78, 5) is 9.86. The molecule has 166 valence electrons. The predicted molar refractivity (Wildman–Crippen MR) is 134 cm³/mol. The molecule has 7 heteroatoms. The van der Waals surface area contributed by atoms with Crippen molar-refractivity contribution >= 4 is 29.9 Å². The fraction of sp³-hybridized carbons (Fsp3) is 0.682. The Balaban J connectivity index is 0.00000420. The number of rotatable bonds is 10. The van der Waals surface area contributed by atoms with Crippen molar-refractivity contribution in [2.75, 3.05) is 65.5 Å². The number of likely N-dealkylation sites (N-methyl/N-ethyl adjacent to an activating group) is 1. The topological polar surface area (TPSA) is 52.1 Å². The van der Waals surface area contributed by atoms with Crippen LogP contribution in [0.5, 0.6) is 5.75 Å². The van der Waals surface area contributed by atoms with Crippen molar-refractivity contribution < 1.29 is 4.74 Å². The van der Waals surface area contributed by atoms with Gasteiger partial charge in [-0.25, -0.2) is 0 Å². The lowest BCUT2D eigenvalue weighted by Crippen LogP contribution is -2.47. The lowest BCUT2D eigenvalue weighted by atomic mass is 10.1. The van der Waals surface area contributed by atoms with E-state index in [9.17, 15) is 0 Å². The number of halogens is 1. The van der Waals surface area contributed by atoms with Crippen LogP contribution in [0.1, 0.15) is 26.3 Å². The van der Waals surface area contributed by atoms with E-state index in [1.165, 1.54) is 38.3 Å². The van der Waals surface area contributed by atoms with E-state index in [0.717, 1.165) is 37.9 Å². The number of guanidine groups is 1. The Hall–Kier alpha value is -1.06. The molecule has 1 saturated heterocycles. The van der Waals surface area contributed by atoms with E-state index >= 15 is 0 Å². The molecule has 1 fully saturated rings. The zero-order valence-electron chi connectivity index (χ0n) is 18.6. The molecule has 0 saturated carbocycles. The summed E-state index contributed by atoms with van der Waals surface area (Å²) in [5.74, 6) is 2.33. The van der Waals surface area contributed by atoms with Crippen LogP contribution in [0.25, 0.3) is 0 Å². The summed E-state index contributed by atoms with van der Waals surface area (Å²) in [6.07, 6.45) is 0. The average Bonchev–Trinajstić information content (AvgIpc) is 2.71. The minimum atomic E-state index is 0. The quantitative estimate of drug-likeness (QED) is 0.217. The largest absolute Gasteiger partial charge is 0.492 e. The molecular formula is C22H40IN5O. The van der Waals surface area contributed by atoms with Crippen molar-refractivity contribution in [2.45, 2.75) is 27.7 Å². The third-order valence-electron chi connectivity index (χ3n) is 5.07. The van der Waals surface area contributed by atoms with Crippen LogP contribution in [0.4, 0.5) is 0 Å². The smallest absolute Gasteiger partial charge is 0.191 e. The zero-order valence-corrected chi connectivity index (χ0v) is 20.9. The molecule has 1 aliphatic rings. The van der Waals surface area contributed by atoms with Gasteiger partial charge in [-0.15, -0.1) is 24.0 Å². The Bertz CT molecular complexity index is 573. The second kappa shape index (κ2) is 14.8. The van der Waals surface area contributed by atoms with Gasteiger partial charge in [-0.2, -0.15) is 0 Å². The molecular weight excluding hydrogens is 477 g/mol. The molecule has 2 rings (SSSR count). The Labute approximate surface area is 194 Å². The summed E-state index contributed by atoms with van der Waals surface area (Å²) in [5.41, 5.74) is 1.24. The van der Waals surface area contributed by atoms with Gasteiger partial charge in [-0.1, -0.05) is 31.5 Å². The standard InChI is InChI=1S/C22H39N5O.HI/c1-5-23-22(24-11-16-28-21-9-7-19(3)8-10-21)25-17-20(4)18-27-14-12-26(6-2)13-15-27;/h7-10,20H,5-6,11-18H2,1-4H3,(H2,23,24,25);1H. The molecule has 29 heavy (non-hydrogen) atoms. The molecule has 1 aromatic rings. The second-order valence-electron chi connectivity index (χ2n) is 7.65. The van der Waals surface area contributed by atoms with Crippen molar-refractivity contribution in [3.05, 3.63) is 29.8 Å². The summed E-state index contributed by atoms with van der Waals surface area (Å²) in [7, 11) is 0. The second-order valence-corrected chi connectivity index (χ2v) is 7.65. The zero-order chi connectivity index (χ0) is 20.2. The van der Waals surface area contributed by atoms with Crippen LogP contribution in [0.2, 0.25) is 0 Å². The third kappa shape index (κ3) is 10.5. The number of nitrogens with one attached hydrogen (secondary N) is 2. The monoisotopic (exact) mass is 517 g/mol. The number of hydrogen-bond donors (Lipinski definition) is 2. The van der Waals surface area contributed by atoms with Crippen LogP contribution in [-0.2, 0) is 0 Å². The molecule has 1 heterocycles. The SMILES string of the molecule is CCNC(=NCC(C)CN1CCN(CC)CC1)NCCOc1ccc(C)cc1.I. The van der Waals surface area contributed by atoms with Crippen LogP contribution >= 0.6 is 24.0 Å². The van der Waals surface area contributed by atoms with Gasteiger partial charge in [0.25, 0.3) is 0 Å². The maximum Gasteiger partial charge on any atom is 0.191 e. The maximum absolute atomic E-state index is 5.78. The fourth-order valence-electron chi connectivity index (χ4n) is 3.35. The van der Waals surface area contributed by atoms with E-state index in [2.05, 4.69) is 60.3 Å². The molecule has 0 radical (unpaired) electrons. The minimum Gasteiger partial charge on any atom is -0.492 e. The van der Waals surface area contributed by atoms with Crippen LogP contribution in [0.15, 0.2) is 29.3 Å². The van der Waals surface area contributed by atoms with Gasteiger partial charge in [-0.05, 0) is 38.4 Å². The van der Waals surface area contributed by atoms with Gasteiger partial charge in [0.15, 0.2) is 5.96 Å². The van der Waals surface area contributed by atoms with Crippen molar-refractivity contribution in [3.63, 3.8) is 0 Å². The molecule has 2 N–H and O–H groups in total. The van der Waals surface area contributed by atoms with Gasteiger partial charge in [0.1, 0.15) is 12.4 Å². The summed E-state index contributed by atoms with van der Waals surface area (Å²) < 4.78 is 5.78. The number of ether oxygens (including phenoxy) is 1. The highest BCUT2D eigenvalue weighted by atomic mass is 127. The van der Waals surface area contributed by atoms with E-state index in [-0.39, 0.29) is 24.0 Å².